The summed E-state index contributed by atoms with van der Waals surface area (Å²) in [6.07, 6.45) is 3.68. The second kappa shape index (κ2) is 8.45. The molecule has 142 valence electrons. The number of anilines is 1. The van der Waals surface area contributed by atoms with Crippen LogP contribution in [0.2, 0.25) is 5.02 Å². The average Bonchev–Trinajstić information content (AvgIpc) is 2.68. The van der Waals surface area contributed by atoms with E-state index in [4.69, 9.17) is 17.0 Å². The highest BCUT2D eigenvalue weighted by atomic mass is 35.5. The molecule has 0 amide bonds. The van der Waals surface area contributed by atoms with Gasteiger partial charge in [0, 0.05) is 10.7 Å². The van der Waals surface area contributed by atoms with E-state index < -0.39 is 0 Å². The number of nitrogens with one attached hydrogen (secondary N) is 2. The van der Waals surface area contributed by atoms with Gasteiger partial charge in [-0.1, -0.05) is 87.0 Å². The fourth-order valence-electron chi connectivity index (χ4n) is 2.86. The maximum absolute atomic E-state index is 8.05. The van der Waals surface area contributed by atoms with E-state index in [9.17, 15) is 0 Å². The minimum atomic E-state index is 0.164. The van der Waals surface area contributed by atoms with Crippen LogP contribution in [0.4, 0.5) is 5.69 Å². The van der Waals surface area contributed by atoms with Crippen molar-refractivity contribution in [3.05, 3.63) is 95.0 Å². The lowest BCUT2D eigenvalue weighted by Crippen LogP contribution is -2.10. The highest BCUT2D eigenvalue weighted by Crippen LogP contribution is 2.26. The summed E-state index contributed by atoms with van der Waals surface area (Å²) in [5.41, 5.74) is 5.79. The summed E-state index contributed by atoms with van der Waals surface area (Å²) in [5.74, 6) is 0.323. The minimum Gasteiger partial charge on any atom is -0.341 e. The molecule has 3 heteroatoms. The highest BCUT2D eigenvalue weighted by Gasteiger charge is 2.12. The van der Waals surface area contributed by atoms with E-state index in [0.717, 1.165) is 11.3 Å². The lowest BCUT2D eigenvalue weighted by molar-refractivity contribution is 0.590. The minimum absolute atomic E-state index is 0.164. The quantitative estimate of drug-likeness (QED) is 0.354. The van der Waals surface area contributed by atoms with E-state index in [-0.39, 0.29) is 5.41 Å². The van der Waals surface area contributed by atoms with Crippen LogP contribution in [0.5, 0.6) is 0 Å². The first-order valence-electron chi connectivity index (χ1n) is 9.31. The van der Waals surface area contributed by atoms with E-state index in [1.54, 1.807) is 18.2 Å². The van der Waals surface area contributed by atoms with Gasteiger partial charge in [0.15, 0.2) is 0 Å². The van der Waals surface area contributed by atoms with E-state index in [0.29, 0.717) is 10.9 Å². The third-order valence-corrected chi connectivity index (χ3v) is 4.81. The maximum Gasteiger partial charge on any atom is 0.122 e. The van der Waals surface area contributed by atoms with E-state index in [1.165, 1.54) is 16.7 Å². The Hall–Kier alpha value is -2.84. The number of hydrogen-bond acceptors (Lipinski definition) is 1. The molecule has 0 bridgehead atoms. The Morgan fingerprint density at radius 1 is 0.821 bits per heavy atom. The lowest BCUT2D eigenvalue weighted by atomic mass is 9.86. The van der Waals surface area contributed by atoms with Gasteiger partial charge < -0.3 is 5.32 Å². The summed E-state index contributed by atoms with van der Waals surface area (Å²) in [5, 5.41) is 11.8. The Morgan fingerprint density at radius 2 is 1.36 bits per heavy atom. The van der Waals surface area contributed by atoms with E-state index >= 15 is 0 Å². The van der Waals surface area contributed by atoms with Crippen LogP contribution < -0.4 is 5.32 Å². The number of hydrogen-bond donors (Lipinski definition) is 2. The molecule has 0 saturated carbocycles. The Kier molecular flexibility index (Phi) is 6.01. The molecule has 0 unspecified atom stereocenters. The monoisotopic (exact) mass is 388 g/mol. The normalized spacial score (nSPS) is 11.6. The van der Waals surface area contributed by atoms with Gasteiger partial charge in [-0.15, -0.1) is 0 Å². The fourth-order valence-corrected chi connectivity index (χ4v) is 2.99. The summed E-state index contributed by atoms with van der Waals surface area (Å²) >= 11 is 5.88. The molecule has 0 saturated heterocycles. The van der Waals surface area contributed by atoms with Gasteiger partial charge in [0.05, 0.1) is 0 Å². The van der Waals surface area contributed by atoms with Crippen molar-refractivity contribution >= 4 is 29.2 Å². The van der Waals surface area contributed by atoms with Crippen molar-refractivity contribution in [2.45, 2.75) is 26.2 Å². The first-order valence-corrected chi connectivity index (χ1v) is 9.69. The number of benzene rings is 3. The van der Waals surface area contributed by atoms with Crippen molar-refractivity contribution in [2.24, 2.45) is 0 Å². The molecular formula is C25H25ClN2. The molecule has 3 rings (SSSR count). The van der Waals surface area contributed by atoms with E-state index in [1.807, 2.05) is 18.2 Å². The Balaban J connectivity index is 1.64. The molecular weight excluding hydrogens is 364 g/mol. The standard InChI is InChI=1S/C25H25ClN2/c1-25(2,3)21-11-9-20(10-12-21)19-7-4-18(5-8-19)6-17-24(27)28-23-15-13-22(26)14-16-23/h4-17H,1-3H3,(H2,27,28)/b17-6+. The zero-order valence-corrected chi connectivity index (χ0v) is 17.2. The van der Waals surface area contributed by atoms with Crippen LogP contribution in [0.1, 0.15) is 31.9 Å². The van der Waals surface area contributed by atoms with Gasteiger partial charge in [-0.05, 0) is 58.0 Å². The zero-order valence-electron chi connectivity index (χ0n) is 16.5. The maximum atomic E-state index is 8.05. The predicted molar refractivity (Wildman–Crippen MR) is 122 cm³/mol. The first-order chi connectivity index (χ1) is 13.3. The van der Waals surface area contributed by atoms with Gasteiger partial charge in [0.2, 0.25) is 0 Å². The topological polar surface area (TPSA) is 35.9 Å². The van der Waals surface area contributed by atoms with Crippen molar-refractivity contribution in [1.29, 1.82) is 5.41 Å². The van der Waals surface area contributed by atoms with Crippen molar-refractivity contribution in [3.63, 3.8) is 0 Å². The van der Waals surface area contributed by atoms with Gasteiger partial charge in [-0.3, -0.25) is 5.41 Å². The highest BCUT2D eigenvalue weighted by molar-refractivity contribution is 6.30. The summed E-state index contributed by atoms with van der Waals surface area (Å²) in [6, 6.07) is 24.4. The van der Waals surface area contributed by atoms with Gasteiger partial charge in [-0.2, -0.15) is 0 Å². The van der Waals surface area contributed by atoms with Crippen LogP contribution in [-0.4, -0.2) is 5.84 Å². The van der Waals surface area contributed by atoms with Crippen LogP contribution in [0.25, 0.3) is 17.2 Å². The smallest absolute Gasteiger partial charge is 0.122 e. The Labute approximate surface area is 172 Å². The summed E-state index contributed by atoms with van der Waals surface area (Å²) in [6.45, 7) is 6.67. The molecule has 0 spiro atoms. The van der Waals surface area contributed by atoms with Crippen LogP contribution in [0.3, 0.4) is 0 Å². The molecule has 0 radical (unpaired) electrons. The predicted octanol–water partition coefficient (Wildman–Crippen LogP) is 7.41. The van der Waals surface area contributed by atoms with Crippen molar-refractivity contribution < 1.29 is 0 Å². The molecule has 0 fully saturated rings. The second-order valence-corrected chi connectivity index (χ2v) is 8.26. The number of halogens is 1. The van der Waals surface area contributed by atoms with Gasteiger partial charge in [0.1, 0.15) is 5.84 Å². The lowest BCUT2D eigenvalue weighted by Gasteiger charge is -2.19. The first kappa shape index (κ1) is 19.9. The summed E-state index contributed by atoms with van der Waals surface area (Å²) in [4.78, 5) is 0. The van der Waals surface area contributed by atoms with Gasteiger partial charge in [-0.25, -0.2) is 0 Å². The van der Waals surface area contributed by atoms with Crippen LogP contribution in [-0.2, 0) is 5.41 Å². The van der Waals surface area contributed by atoms with Crippen LogP contribution >= 0.6 is 11.6 Å². The fraction of sp³-hybridized carbons (Fsp3) is 0.160. The second-order valence-electron chi connectivity index (χ2n) is 7.83. The van der Waals surface area contributed by atoms with Crippen molar-refractivity contribution in [2.75, 3.05) is 5.32 Å². The Bertz CT molecular complexity index is 961. The molecule has 28 heavy (non-hydrogen) atoms. The van der Waals surface area contributed by atoms with Crippen molar-refractivity contribution in [1.82, 2.24) is 0 Å². The molecule has 0 heterocycles. The van der Waals surface area contributed by atoms with Crippen molar-refractivity contribution in [3.8, 4) is 11.1 Å². The van der Waals surface area contributed by atoms with E-state index in [2.05, 4.69) is 74.6 Å². The zero-order chi connectivity index (χ0) is 20.1. The van der Waals surface area contributed by atoms with Gasteiger partial charge >= 0.3 is 0 Å². The number of amidine groups is 1. The summed E-state index contributed by atoms with van der Waals surface area (Å²) < 4.78 is 0. The average molecular weight is 389 g/mol. The summed E-state index contributed by atoms with van der Waals surface area (Å²) in [7, 11) is 0. The molecule has 3 aromatic rings. The SMILES string of the molecule is CC(C)(C)c1ccc(-c2ccc(/C=C/C(=N)Nc3ccc(Cl)cc3)cc2)cc1. The molecule has 0 atom stereocenters. The molecule has 0 aliphatic carbocycles. The van der Waals surface area contributed by atoms with Gasteiger partial charge in [0.25, 0.3) is 0 Å². The molecule has 0 aliphatic heterocycles. The largest absolute Gasteiger partial charge is 0.341 e. The molecule has 2 N–H and O–H groups in total. The number of rotatable bonds is 4. The molecule has 0 aromatic heterocycles. The molecule has 3 aromatic carbocycles. The Morgan fingerprint density at radius 3 is 1.89 bits per heavy atom. The van der Waals surface area contributed by atoms with Crippen LogP contribution in [0, 0.1) is 5.41 Å². The molecule has 2 nitrogen and oxygen atoms in total. The van der Waals surface area contributed by atoms with Crippen LogP contribution in [0.15, 0.2) is 78.9 Å². The third-order valence-electron chi connectivity index (χ3n) is 4.56. The molecule has 0 aliphatic rings. The third kappa shape index (κ3) is 5.34.